The second-order valence-electron chi connectivity index (χ2n) is 2.16. The average molecular weight is 323 g/mol. The van der Waals surface area contributed by atoms with Crippen molar-refractivity contribution < 1.29 is 0 Å². The van der Waals surface area contributed by atoms with E-state index >= 15 is 0 Å². The van der Waals surface area contributed by atoms with Gasteiger partial charge in [0.05, 0.1) is 3.57 Å². The van der Waals surface area contributed by atoms with Crippen LogP contribution in [0.5, 0.6) is 0 Å². The van der Waals surface area contributed by atoms with Crippen LogP contribution in [-0.4, -0.2) is 9.38 Å². The molecule has 4 heteroatoms. The van der Waals surface area contributed by atoms with Crippen molar-refractivity contribution in [2.24, 2.45) is 0 Å². The molecule has 0 fully saturated rings. The Morgan fingerprint density at radius 1 is 1.55 bits per heavy atom. The maximum absolute atomic E-state index is 4.19. The molecule has 0 saturated heterocycles. The van der Waals surface area contributed by atoms with Crippen LogP contribution in [0.4, 0.5) is 0 Å². The van der Waals surface area contributed by atoms with E-state index in [1.165, 1.54) is 0 Å². The standard InChI is InChI=1S/C7H4BrIN2/c8-5-3-6(9)7-10-1-2-11(7)4-5/h1-4H. The summed E-state index contributed by atoms with van der Waals surface area (Å²) in [6, 6.07) is 2.04. The van der Waals surface area contributed by atoms with E-state index in [1.807, 2.05) is 22.9 Å². The number of hydrogen-bond donors (Lipinski definition) is 0. The quantitative estimate of drug-likeness (QED) is 0.682. The average Bonchev–Trinajstić information content (AvgIpc) is 2.34. The molecule has 0 bridgehead atoms. The number of imidazole rings is 1. The maximum atomic E-state index is 4.19. The van der Waals surface area contributed by atoms with Crippen LogP contribution >= 0.6 is 38.5 Å². The van der Waals surface area contributed by atoms with E-state index in [0.29, 0.717) is 0 Å². The Morgan fingerprint density at radius 3 is 3.18 bits per heavy atom. The molecule has 0 radical (unpaired) electrons. The Bertz CT molecular complexity index is 396. The first kappa shape index (κ1) is 7.54. The molecule has 0 amide bonds. The predicted octanol–water partition coefficient (Wildman–Crippen LogP) is 2.70. The van der Waals surface area contributed by atoms with Gasteiger partial charge in [0.25, 0.3) is 0 Å². The zero-order valence-electron chi connectivity index (χ0n) is 5.46. The normalized spacial score (nSPS) is 10.7. The topological polar surface area (TPSA) is 17.3 Å². The van der Waals surface area contributed by atoms with Gasteiger partial charge < -0.3 is 4.40 Å². The molecule has 0 N–H and O–H groups in total. The van der Waals surface area contributed by atoms with Gasteiger partial charge in [-0.1, -0.05) is 0 Å². The highest BCUT2D eigenvalue weighted by molar-refractivity contribution is 14.1. The van der Waals surface area contributed by atoms with Crippen LogP contribution in [0.3, 0.4) is 0 Å². The summed E-state index contributed by atoms with van der Waals surface area (Å²) >= 11 is 5.68. The lowest BCUT2D eigenvalue weighted by molar-refractivity contribution is 1.16. The van der Waals surface area contributed by atoms with Gasteiger partial charge in [-0.05, 0) is 44.6 Å². The number of rotatable bonds is 0. The zero-order chi connectivity index (χ0) is 7.84. The predicted molar refractivity (Wildman–Crippen MR) is 55.6 cm³/mol. The van der Waals surface area contributed by atoms with Crippen molar-refractivity contribution in [3.63, 3.8) is 0 Å². The fraction of sp³-hybridized carbons (Fsp3) is 0. The fourth-order valence-corrected chi connectivity index (χ4v) is 2.59. The molecular formula is C7H4BrIN2. The lowest BCUT2D eigenvalue weighted by Crippen LogP contribution is -1.85. The molecule has 0 aromatic carbocycles. The highest BCUT2D eigenvalue weighted by Gasteiger charge is 1.99. The van der Waals surface area contributed by atoms with Gasteiger partial charge in [-0.3, -0.25) is 0 Å². The van der Waals surface area contributed by atoms with Crippen molar-refractivity contribution in [3.8, 4) is 0 Å². The van der Waals surface area contributed by atoms with E-state index in [0.717, 1.165) is 13.7 Å². The molecule has 11 heavy (non-hydrogen) atoms. The molecule has 0 atom stereocenters. The molecule has 2 aromatic rings. The molecule has 56 valence electrons. The fourth-order valence-electron chi connectivity index (χ4n) is 0.958. The largest absolute Gasteiger partial charge is 0.305 e. The van der Waals surface area contributed by atoms with Gasteiger partial charge >= 0.3 is 0 Å². The van der Waals surface area contributed by atoms with E-state index in [9.17, 15) is 0 Å². The van der Waals surface area contributed by atoms with Gasteiger partial charge in [-0.25, -0.2) is 4.98 Å². The number of aromatic nitrogens is 2. The first-order chi connectivity index (χ1) is 5.27. The van der Waals surface area contributed by atoms with Crippen molar-refractivity contribution >= 4 is 44.2 Å². The third-order valence-electron chi connectivity index (χ3n) is 1.41. The molecule has 0 spiro atoms. The van der Waals surface area contributed by atoms with Crippen LogP contribution in [0.2, 0.25) is 0 Å². The lowest BCUT2D eigenvalue weighted by Gasteiger charge is -1.96. The minimum Gasteiger partial charge on any atom is -0.305 e. The third kappa shape index (κ3) is 1.29. The van der Waals surface area contributed by atoms with E-state index < -0.39 is 0 Å². The molecule has 0 aliphatic heterocycles. The first-order valence-corrected chi connectivity index (χ1v) is 4.92. The van der Waals surface area contributed by atoms with Crippen LogP contribution in [0.15, 0.2) is 29.1 Å². The molecule has 2 rings (SSSR count). The first-order valence-electron chi connectivity index (χ1n) is 3.05. The third-order valence-corrected chi connectivity index (χ3v) is 2.64. The van der Waals surface area contributed by atoms with Crippen LogP contribution < -0.4 is 0 Å². The van der Waals surface area contributed by atoms with Crippen LogP contribution in [-0.2, 0) is 0 Å². The summed E-state index contributed by atoms with van der Waals surface area (Å²) in [7, 11) is 0. The molecule has 2 nitrogen and oxygen atoms in total. The number of fused-ring (bicyclic) bond motifs is 1. The van der Waals surface area contributed by atoms with E-state index in [4.69, 9.17) is 0 Å². The van der Waals surface area contributed by atoms with Gasteiger partial charge in [0, 0.05) is 23.1 Å². The Hall–Kier alpha value is -0.100. The van der Waals surface area contributed by atoms with Gasteiger partial charge in [-0.2, -0.15) is 0 Å². The Morgan fingerprint density at radius 2 is 2.36 bits per heavy atom. The van der Waals surface area contributed by atoms with E-state index in [-0.39, 0.29) is 0 Å². The Balaban J connectivity index is 2.91. The molecule has 0 unspecified atom stereocenters. The minimum atomic E-state index is 1.01. The smallest absolute Gasteiger partial charge is 0.150 e. The summed E-state index contributed by atoms with van der Waals surface area (Å²) in [4.78, 5) is 4.19. The molecule has 0 saturated carbocycles. The van der Waals surface area contributed by atoms with Crippen molar-refractivity contribution in [2.75, 3.05) is 0 Å². The highest BCUT2D eigenvalue weighted by atomic mass is 127. The van der Waals surface area contributed by atoms with Crippen LogP contribution in [0.1, 0.15) is 0 Å². The zero-order valence-corrected chi connectivity index (χ0v) is 9.20. The summed E-state index contributed by atoms with van der Waals surface area (Å²) in [5, 5.41) is 0. The molecule has 2 aromatic heterocycles. The summed E-state index contributed by atoms with van der Waals surface area (Å²) in [6.07, 6.45) is 5.72. The van der Waals surface area contributed by atoms with Crippen LogP contribution in [0, 0.1) is 3.57 Å². The second kappa shape index (κ2) is 2.75. The number of hydrogen-bond acceptors (Lipinski definition) is 1. The van der Waals surface area contributed by atoms with Crippen molar-refractivity contribution in [1.82, 2.24) is 9.38 Å². The van der Waals surface area contributed by atoms with E-state index in [1.54, 1.807) is 6.20 Å². The van der Waals surface area contributed by atoms with Crippen molar-refractivity contribution in [3.05, 3.63) is 32.7 Å². The maximum Gasteiger partial charge on any atom is 0.150 e. The van der Waals surface area contributed by atoms with Gasteiger partial charge in [0.1, 0.15) is 5.65 Å². The molecule has 0 aliphatic carbocycles. The summed E-state index contributed by atoms with van der Waals surface area (Å²) in [5.74, 6) is 0. The van der Waals surface area contributed by atoms with Gasteiger partial charge in [0.2, 0.25) is 0 Å². The lowest BCUT2D eigenvalue weighted by atomic mass is 10.5. The minimum absolute atomic E-state index is 1.01. The Labute approximate surface area is 85.9 Å². The van der Waals surface area contributed by atoms with Crippen LogP contribution in [0.25, 0.3) is 5.65 Å². The van der Waals surface area contributed by atoms with E-state index in [2.05, 4.69) is 43.5 Å². The number of nitrogens with zero attached hydrogens (tertiary/aromatic N) is 2. The van der Waals surface area contributed by atoms with Crippen molar-refractivity contribution in [2.45, 2.75) is 0 Å². The van der Waals surface area contributed by atoms with Gasteiger partial charge in [-0.15, -0.1) is 0 Å². The van der Waals surface area contributed by atoms with Gasteiger partial charge in [0.15, 0.2) is 0 Å². The summed E-state index contributed by atoms with van der Waals surface area (Å²) < 4.78 is 4.22. The Kier molecular flexibility index (Phi) is 1.88. The van der Waals surface area contributed by atoms with Crippen molar-refractivity contribution in [1.29, 1.82) is 0 Å². The molecule has 0 aliphatic rings. The second-order valence-corrected chi connectivity index (χ2v) is 4.24. The molecule has 2 heterocycles. The monoisotopic (exact) mass is 322 g/mol. The number of pyridine rings is 1. The molecular weight excluding hydrogens is 319 g/mol. The highest BCUT2D eigenvalue weighted by Crippen LogP contribution is 2.17. The SMILES string of the molecule is Brc1cc(I)c2nccn2c1. The number of halogens is 2. The summed E-state index contributed by atoms with van der Waals surface area (Å²) in [5.41, 5.74) is 1.01. The summed E-state index contributed by atoms with van der Waals surface area (Å²) in [6.45, 7) is 0.